The molecule has 29 heavy (non-hydrogen) atoms. The van der Waals surface area contributed by atoms with Crippen molar-refractivity contribution >= 4 is 11.8 Å². The van der Waals surface area contributed by atoms with E-state index >= 15 is 0 Å². The lowest BCUT2D eigenvalue weighted by Gasteiger charge is -2.28. The molecule has 0 saturated carbocycles. The second-order valence-electron chi connectivity index (χ2n) is 8.27. The Hall–Kier alpha value is -2.71. The maximum atomic E-state index is 13.3. The highest BCUT2D eigenvalue weighted by molar-refractivity contribution is 5.70. The topological polar surface area (TPSA) is 77.0 Å². The van der Waals surface area contributed by atoms with Gasteiger partial charge in [-0.05, 0) is 53.2 Å². The Labute approximate surface area is 167 Å². The van der Waals surface area contributed by atoms with Crippen LogP contribution in [0.2, 0.25) is 0 Å². The highest BCUT2D eigenvalue weighted by atomic mass is 19.4. The van der Waals surface area contributed by atoms with Gasteiger partial charge in [-0.3, -0.25) is 9.78 Å². The van der Waals surface area contributed by atoms with Crippen molar-refractivity contribution in [2.24, 2.45) is 0 Å². The molecule has 0 atom stereocenters. The van der Waals surface area contributed by atoms with E-state index in [1.54, 1.807) is 46.8 Å². The van der Waals surface area contributed by atoms with Crippen LogP contribution < -0.4 is 5.32 Å². The minimum atomic E-state index is -4.64. The number of rotatable bonds is 6. The van der Waals surface area contributed by atoms with E-state index in [0.29, 0.717) is 6.42 Å². The van der Waals surface area contributed by atoms with E-state index in [1.807, 2.05) is 0 Å². The molecule has 1 N–H and O–H groups in total. The molecule has 6 nitrogen and oxygen atoms in total. The highest BCUT2D eigenvalue weighted by Crippen LogP contribution is 2.31. The number of anilines is 1. The van der Waals surface area contributed by atoms with E-state index in [0.717, 1.165) is 6.07 Å². The number of carbonyl (C=O) groups is 1. The zero-order valence-electron chi connectivity index (χ0n) is 17.1. The number of alkyl halides is 3. The van der Waals surface area contributed by atoms with Crippen molar-refractivity contribution in [1.29, 1.82) is 0 Å². The van der Waals surface area contributed by atoms with Crippen LogP contribution in [0, 0.1) is 0 Å². The molecular weight excluding hydrogens is 385 g/mol. The second kappa shape index (κ2) is 8.34. The molecule has 0 amide bonds. The maximum Gasteiger partial charge on any atom is 0.433 e. The Morgan fingerprint density at radius 2 is 1.79 bits per heavy atom. The van der Waals surface area contributed by atoms with Crippen LogP contribution in [0.1, 0.15) is 53.2 Å². The number of nitrogens with zero attached hydrogens (tertiary/aromatic N) is 3. The SMILES string of the molecule is CC(C)(CCC(=O)OC(C)(C)C)Nc1cc(C(F)(F)F)nc(-c2ccccn2)n1. The van der Waals surface area contributed by atoms with Crippen LogP contribution in [0.4, 0.5) is 19.0 Å². The quantitative estimate of drug-likeness (QED) is 0.685. The summed E-state index contributed by atoms with van der Waals surface area (Å²) < 4.78 is 45.2. The van der Waals surface area contributed by atoms with E-state index < -0.39 is 23.0 Å². The number of carbonyl (C=O) groups excluding carboxylic acids is 1. The number of hydrogen-bond donors (Lipinski definition) is 1. The minimum absolute atomic E-state index is 0.00201. The van der Waals surface area contributed by atoms with Gasteiger partial charge in [-0.25, -0.2) is 9.97 Å². The summed E-state index contributed by atoms with van der Waals surface area (Å²) in [6, 6.07) is 5.68. The molecule has 2 rings (SSSR count). The number of pyridine rings is 1. The van der Waals surface area contributed by atoms with Gasteiger partial charge in [0.05, 0.1) is 0 Å². The first kappa shape index (κ1) is 22.6. The minimum Gasteiger partial charge on any atom is -0.460 e. The fraction of sp³-hybridized carbons (Fsp3) is 0.500. The van der Waals surface area contributed by atoms with Crippen LogP contribution >= 0.6 is 0 Å². The van der Waals surface area contributed by atoms with Crippen molar-refractivity contribution in [3.8, 4) is 11.5 Å². The molecule has 158 valence electrons. The molecule has 0 unspecified atom stereocenters. The predicted octanol–water partition coefficient (Wildman–Crippen LogP) is 4.87. The number of aromatic nitrogens is 3. The molecule has 2 aromatic heterocycles. The first-order valence-electron chi connectivity index (χ1n) is 9.13. The summed E-state index contributed by atoms with van der Waals surface area (Å²) in [5.41, 5.74) is -2.15. The number of hydrogen-bond acceptors (Lipinski definition) is 6. The molecule has 0 spiro atoms. The third kappa shape index (κ3) is 7.32. The lowest BCUT2D eigenvalue weighted by Crippen LogP contribution is -2.33. The number of halogens is 3. The molecule has 0 aliphatic carbocycles. The van der Waals surface area contributed by atoms with Gasteiger partial charge in [-0.15, -0.1) is 0 Å². The van der Waals surface area contributed by atoms with Crippen LogP contribution in [0.15, 0.2) is 30.5 Å². The Kier molecular flexibility index (Phi) is 6.50. The molecule has 0 aromatic carbocycles. The van der Waals surface area contributed by atoms with E-state index in [9.17, 15) is 18.0 Å². The standard InChI is InChI=1S/C20H25F3N4O2/c1-18(2,3)29-16(28)9-10-19(4,5)27-15-12-14(20(21,22)23)25-17(26-15)13-8-6-7-11-24-13/h6-8,11-12H,9-10H2,1-5H3,(H,25,26,27). The highest BCUT2D eigenvalue weighted by Gasteiger charge is 2.34. The first-order valence-corrected chi connectivity index (χ1v) is 9.13. The monoisotopic (exact) mass is 410 g/mol. The number of ether oxygens (including phenoxy) is 1. The summed E-state index contributed by atoms with van der Waals surface area (Å²) in [5.74, 6) is -0.506. The van der Waals surface area contributed by atoms with Crippen LogP contribution in [0.5, 0.6) is 0 Å². The molecular formula is C20H25F3N4O2. The van der Waals surface area contributed by atoms with Crippen molar-refractivity contribution in [3.05, 3.63) is 36.2 Å². The van der Waals surface area contributed by atoms with Crippen molar-refractivity contribution in [3.63, 3.8) is 0 Å². The van der Waals surface area contributed by atoms with Gasteiger partial charge >= 0.3 is 12.1 Å². The largest absolute Gasteiger partial charge is 0.460 e. The lowest BCUT2D eigenvalue weighted by molar-refractivity contribution is -0.155. The predicted molar refractivity (Wildman–Crippen MR) is 103 cm³/mol. The van der Waals surface area contributed by atoms with Crippen LogP contribution in [-0.2, 0) is 15.7 Å². The van der Waals surface area contributed by atoms with Crippen LogP contribution in [-0.4, -0.2) is 32.1 Å². The normalized spacial score (nSPS) is 12.6. The van der Waals surface area contributed by atoms with Gasteiger partial charge in [0.25, 0.3) is 0 Å². The van der Waals surface area contributed by atoms with Crippen molar-refractivity contribution < 1.29 is 22.7 Å². The molecule has 0 bridgehead atoms. The number of esters is 1. The molecule has 9 heteroatoms. The molecule has 0 aliphatic rings. The average molecular weight is 410 g/mol. The zero-order valence-corrected chi connectivity index (χ0v) is 17.1. The summed E-state index contributed by atoms with van der Waals surface area (Å²) in [6.07, 6.45) is -2.73. The van der Waals surface area contributed by atoms with Gasteiger partial charge in [0.2, 0.25) is 0 Å². The summed E-state index contributed by atoms with van der Waals surface area (Å²) in [6.45, 7) is 8.85. The van der Waals surface area contributed by atoms with E-state index in [-0.39, 0.29) is 29.7 Å². The number of nitrogens with one attached hydrogen (secondary N) is 1. The van der Waals surface area contributed by atoms with Gasteiger partial charge in [-0.1, -0.05) is 6.07 Å². The van der Waals surface area contributed by atoms with Gasteiger partial charge in [0.1, 0.15) is 17.1 Å². The zero-order chi connectivity index (χ0) is 21.9. The average Bonchev–Trinajstić information content (AvgIpc) is 2.58. The van der Waals surface area contributed by atoms with E-state index in [1.165, 1.54) is 12.3 Å². The Balaban J connectivity index is 2.23. The van der Waals surface area contributed by atoms with E-state index in [2.05, 4.69) is 20.3 Å². The Morgan fingerprint density at radius 3 is 2.34 bits per heavy atom. The Bertz CT molecular complexity index is 847. The molecule has 0 saturated heterocycles. The fourth-order valence-corrected chi connectivity index (χ4v) is 2.48. The molecule has 0 aliphatic heterocycles. The smallest absolute Gasteiger partial charge is 0.433 e. The molecule has 0 fully saturated rings. The summed E-state index contributed by atoms with van der Waals surface area (Å²) in [7, 11) is 0. The van der Waals surface area contributed by atoms with Gasteiger partial charge in [-0.2, -0.15) is 13.2 Å². The van der Waals surface area contributed by atoms with Gasteiger partial charge < -0.3 is 10.1 Å². The Morgan fingerprint density at radius 1 is 1.10 bits per heavy atom. The van der Waals surface area contributed by atoms with Crippen molar-refractivity contribution in [2.45, 2.75) is 64.8 Å². The van der Waals surface area contributed by atoms with Gasteiger partial charge in [0.15, 0.2) is 11.5 Å². The summed E-state index contributed by atoms with van der Waals surface area (Å²) >= 11 is 0. The van der Waals surface area contributed by atoms with E-state index in [4.69, 9.17) is 4.74 Å². The van der Waals surface area contributed by atoms with Gasteiger partial charge in [0, 0.05) is 24.2 Å². The summed E-state index contributed by atoms with van der Waals surface area (Å²) in [5, 5.41) is 2.97. The molecule has 2 aromatic rings. The third-order valence-electron chi connectivity index (χ3n) is 3.75. The second-order valence-corrected chi connectivity index (χ2v) is 8.27. The first-order chi connectivity index (χ1) is 13.3. The van der Waals surface area contributed by atoms with Crippen molar-refractivity contribution in [2.75, 3.05) is 5.32 Å². The maximum absolute atomic E-state index is 13.3. The third-order valence-corrected chi connectivity index (χ3v) is 3.75. The fourth-order valence-electron chi connectivity index (χ4n) is 2.48. The molecule has 2 heterocycles. The lowest BCUT2D eigenvalue weighted by atomic mass is 9.98. The molecule has 0 radical (unpaired) electrons. The summed E-state index contributed by atoms with van der Waals surface area (Å²) in [4.78, 5) is 23.8. The van der Waals surface area contributed by atoms with Crippen molar-refractivity contribution in [1.82, 2.24) is 15.0 Å². The van der Waals surface area contributed by atoms with Crippen LogP contribution in [0.3, 0.4) is 0 Å². The van der Waals surface area contributed by atoms with Crippen LogP contribution in [0.25, 0.3) is 11.5 Å².